The van der Waals surface area contributed by atoms with Gasteiger partial charge in [0, 0.05) is 6.54 Å². The van der Waals surface area contributed by atoms with Crippen LogP contribution in [0.3, 0.4) is 0 Å². The van der Waals surface area contributed by atoms with Crippen molar-refractivity contribution in [2.75, 3.05) is 13.2 Å². The first-order valence-electron chi connectivity index (χ1n) is 8.34. The van der Waals surface area contributed by atoms with E-state index < -0.39 is 0 Å². The Morgan fingerprint density at radius 2 is 1.82 bits per heavy atom. The van der Waals surface area contributed by atoms with Crippen LogP contribution in [0, 0.1) is 12.3 Å². The van der Waals surface area contributed by atoms with E-state index >= 15 is 0 Å². The summed E-state index contributed by atoms with van der Waals surface area (Å²) in [5.41, 5.74) is 1.66. The molecular formula is C21H15Cl2NO3S. The lowest BCUT2D eigenvalue weighted by atomic mass is 10.1. The number of imide groups is 1. The summed E-state index contributed by atoms with van der Waals surface area (Å²) in [5.74, 6) is 2.30. The molecule has 28 heavy (non-hydrogen) atoms. The summed E-state index contributed by atoms with van der Waals surface area (Å²) in [6.07, 6.45) is 7.37. The molecule has 0 unspecified atom stereocenters. The molecule has 1 aliphatic heterocycles. The highest BCUT2D eigenvalue weighted by atomic mass is 35.5. The van der Waals surface area contributed by atoms with Gasteiger partial charge in [-0.05, 0) is 47.5 Å². The first kappa shape index (κ1) is 20.3. The van der Waals surface area contributed by atoms with Gasteiger partial charge in [0.1, 0.15) is 6.61 Å². The molecule has 0 spiro atoms. The van der Waals surface area contributed by atoms with Crippen LogP contribution in [0.2, 0.25) is 10.0 Å². The van der Waals surface area contributed by atoms with E-state index in [0.29, 0.717) is 23.4 Å². The number of hydrogen-bond acceptors (Lipinski definition) is 4. The summed E-state index contributed by atoms with van der Waals surface area (Å²) in [6.45, 7) is 0.367. The van der Waals surface area contributed by atoms with Gasteiger partial charge in [-0.3, -0.25) is 14.5 Å². The highest BCUT2D eigenvalue weighted by Crippen LogP contribution is 2.37. The second-order valence-corrected chi connectivity index (χ2v) is 7.68. The Bertz CT molecular complexity index is 960. The number of hydrogen-bond donors (Lipinski definition) is 0. The molecule has 2 aromatic rings. The number of carbonyl (C=O) groups is 2. The monoisotopic (exact) mass is 431 g/mol. The van der Waals surface area contributed by atoms with Gasteiger partial charge in [-0.25, -0.2) is 0 Å². The molecular weight excluding hydrogens is 417 g/mol. The zero-order valence-corrected chi connectivity index (χ0v) is 17.0. The minimum absolute atomic E-state index is 0.0408. The average Bonchev–Trinajstić information content (AvgIpc) is 2.93. The summed E-state index contributed by atoms with van der Waals surface area (Å²) in [4.78, 5) is 26.4. The molecule has 0 radical (unpaired) electrons. The van der Waals surface area contributed by atoms with Gasteiger partial charge in [0.25, 0.3) is 11.1 Å². The Balaban J connectivity index is 1.75. The SMILES string of the molecule is C#CCOc1c(Cl)cc(/C=C2\SC(=O)N(CCc3ccccc3)C2=O)cc1Cl. The van der Waals surface area contributed by atoms with Crippen LogP contribution in [0.4, 0.5) is 4.79 Å². The predicted octanol–water partition coefficient (Wildman–Crippen LogP) is 5.28. The van der Waals surface area contributed by atoms with Gasteiger partial charge in [-0.1, -0.05) is 59.5 Å². The quantitative estimate of drug-likeness (QED) is 0.460. The normalized spacial score (nSPS) is 15.2. The van der Waals surface area contributed by atoms with Crippen LogP contribution in [0.1, 0.15) is 11.1 Å². The Hall–Kier alpha value is -2.39. The summed E-state index contributed by atoms with van der Waals surface area (Å²) >= 11 is 13.3. The van der Waals surface area contributed by atoms with Gasteiger partial charge in [-0.15, -0.1) is 6.42 Å². The number of rotatable bonds is 6. The second kappa shape index (κ2) is 9.20. The van der Waals surface area contributed by atoms with Crippen molar-refractivity contribution in [1.29, 1.82) is 0 Å². The molecule has 1 aliphatic rings. The van der Waals surface area contributed by atoms with Crippen molar-refractivity contribution >= 4 is 52.2 Å². The van der Waals surface area contributed by atoms with Gasteiger partial charge in [0.2, 0.25) is 0 Å². The molecule has 1 fully saturated rings. The van der Waals surface area contributed by atoms with Crippen LogP contribution < -0.4 is 4.74 Å². The van der Waals surface area contributed by atoms with Gasteiger partial charge in [0.05, 0.1) is 15.0 Å². The van der Waals surface area contributed by atoms with E-state index in [9.17, 15) is 9.59 Å². The Kier molecular flexibility index (Phi) is 6.69. The number of halogens is 2. The highest BCUT2D eigenvalue weighted by molar-refractivity contribution is 8.18. The standard InChI is InChI=1S/C21H15Cl2NO3S/c1-2-10-27-19-16(22)11-15(12-17(19)23)13-18-20(25)24(21(26)28-18)9-8-14-6-4-3-5-7-14/h1,3-7,11-13H,8-10H2/b18-13-. The number of amides is 2. The number of nitrogens with zero attached hydrogens (tertiary/aromatic N) is 1. The molecule has 4 nitrogen and oxygen atoms in total. The maximum absolute atomic E-state index is 12.6. The summed E-state index contributed by atoms with van der Waals surface area (Å²) in [6, 6.07) is 12.9. The van der Waals surface area contributed by atoms with Crippen molar-refractivity contribution in [2.45, 2.75) is 6.42 Å². The highest BCUT2D eigenvalue weighted by Gasteiger charge is 2.34. The van der Waals surface area contributed by atoms with E-state index in [4.69, 9.17) is 34.4 Å². The molecule has 142 valence electrons. The number of benzene rings is 2. The molecule has 3 rings (SSSR count). The van der Waals surface area contributed by atoms with Gasteiger partial charge in [-0.2, -0.15) is 0 Å². The van der Waals surface area contributed by atoms with E-state index in [1.807, 2.05) is 30.3 Å². The minimum atomic E-state index is -0.328. The molecule has 1 heterocycles. The zero-order chi connectivity index (χ0) is 20.1. The molecule has 0 aromatic heterocycles. The lowest BCUT2D eigenvalue weighted by molar-refractivity contribution is -0.122. The average molecular weight is 432 g/mol. The van der Waals surface area contributed by atoms with Crippen molar-refractivity contribution in [3.05, 3.63) is 68.5 Å². The third-order valence-corrected chi connectivity index (χ3v) is 5.43. The molecule has 2 amide bonds. The predicted molar refractivity (Wildman–Crippen MR) is 114 cm³/mol. The van der Waals surface area contributed by atoms with Crippen LogP contribution in [-0.2, 0) is 11.2 Å². The van der Waals surface area contributed by atoms with Crippen LogP contribution >= 0.6 is 35.0 Å². The van der Waals surface area contributed by atoms with Crippen molar-refractivity contribution in [2.24, 2.45) is 0 Å². The van der Waals surface area contributed by atoms with Crippen LogP contribution in [0.5, 0.6) is 5.75 Å². The maximum atomic E-state index is 12.6. The smallest absolute Gasteiger partial charge is 0.293 e. The minimum Gasteiger partial charge on any atom is -0.478 e. The summed E-state index contributed by atoms with van der Waals surface area (Å²) in [5, 5.41) is 0.257. The maximum Gasteiger partial charge on any atom is 0.293 e. The van der Waals surface area contributed by atoms with Crippen LogP contribution in [0.25, 0.3) is 6.08 Å². The fourth-order valence-corrected chi connectivity index (χ4v) is 4.12. The lowest BCUT2D eigenvalue weighted by Gasteiger charge is -2.12. The van der Waals surface area contributed by atoms with Gasteiger partial charge >= 0.3 is 0 Å². The van der Waals surface area contributed by atoms with E-state index in [1.54, 1.807) is 18.2 Å². The van der Waals surface area contributed by atoms with E-state index in [2.05, 4.69) is 5.92 Å². The van der Waals surface area contributed by atoms with Crippen molar-refractivity contribution in [3.8, 4) is 18.1 Å². The largest absolute Gasteiger partial charge is 0.478 e. The molecule has 0 atom stereocenters. The molecule has 0 bridgehead atoms. The summed E-state index contributed by atoms with van der Waals surface area (Å²) in [7, 11) is 0. The van der Waals surface area contributed by atoms with Crippen molar-refractivity contribution in [3.63, 3.8) is 0 Å². The molecule has 7 heteroatoms. The third-order valence-electron chi connectivity index (χ3n) is 3.96. The lowest BCUT2D eigenvalue weighted by Crippen LogP contribution is -2.30. The number of terminal acetylenes is 1. The van der Waals surface area contributed by atoms with Crippen molar-refractivity contribution in [1.82, 2.24) is 4.90 Å². The molecule has 0 N–H and O–H groups in total. The Labute approximate surface area is 177 Å². The Morgan fingerprint density at radius 3 is 2.46 bits per heavy atom. The first-order valence-corrected chi connectivity index (χ1v) is 9.91. The Morgan fingerprint density at radius 1 is 1.14 bits per heavy atom. The molecule has 2 aromatic carbocycles. The number of ether oxygens (including phenoxy) is 1. The first-order chi connectivity index (χ1) is 13.5. The number of thioether (sulfide) groups is 1. The molecule has 1 saturated heterocycles. The fourth-order valence-electron chi connectivity index (χ4n) is 2.64. The van der Waals surface area contributed by atoms with Crippen LogP contribution in [0.15, 0.2) is 47.4 Å². The van der Waals surface area contributed by atoms with E-state index in [0.717, 1.165) is 17.3 Å². The fraction of sp³-hybridized carbons (Fsp3) is 0.143. The number of carbonyl (C=O) groups excluding carboxylic acids is 2. The van der Waals surface area contributed by atoms with E-state index in [1.165, 1.54) is 4.90 Å². The zero-order valence-electron chi connectivity index (χ0n) is 14.7. The molecule has 0 aliphatic carbocycles. The van der Waals surface area contributed by atoms with Gasteiger partial charge in [0.15, 0.2) is 5.75 Å². The second-order valence-electron chi connectivity index (χ2n) is 5.88. The summed E-state index contributed by atoms with van der Waals surface area (Å²) < 4.78 is 5.32. The van der Waals surface area contributed by atoms with E-state index in [-0.39, 0.29) is 33.5 Å². The van der Waals surface area contributed by atoms with Crippen LogP contribution in [-0.4, -0.2) is 29.2 Å². The van der Waals surface area contributed by atoms with Crippen molar-refractivity contribution < 1.29 is 14.3 Å². The topological polar surface area (TPSA) is 46.6 Å². The third kappa shape index (κ3) is 4.71. The van der Waals surface area contributed by atoms with Gasteiger partial charge < -0.3 is 4.74 Å². The molecule has 0 saturated carbocycles.